The second-order valence-electron chi connectivity index (χ2n) is 4.79. The van der Waals surface area contributed by atoms with E-state index in [4.69, 9.17) is 4.52 Å². The molecule has 20 heavy (non-hydrogen) atoms. The first-order valence-corrected chi connectivity index (χ1v) is 6.67. The van der Waals surface area contributed by atoms with E-state index in [-0.39, 0.29) is 17.8 Å². The van der Waals surface area contributed by atoms with Crippen molar-refractivity contribution in [2.75, 3.05) is 0 Å². The monoisotopic (exact) mass is 277 g/mol. The third-order valence-corrected chi connectivity index (χ3v) is 3.09. The summed E-state index contributed by atoms with van der Waals surface area (Å²) in [7, 11) is 0. The molecule has 0 saturated heterocycles. The predicted molar refractivity (Wildman–Crippen MR) is 72.2 cm³/mol. The van der Waals surface area contributed by atoms with Crippen LogP contribution >= 0.6 is 0 Å². The van der Waals surface area contributed by atoms with E-state index in [1.165, 1.54) is 0 Å². The molecule has 1 amide bonds. The van der Waals surface area contributed by atoms with Gasteiger partial charge < -0.3 is 9.84 Å². The number of aryl methyl sites for hydroxylation is 3. The second kappa shape index (κ2) is 5.85. The highest BCUT2D eigenvalue weighted by atomic mass is 16.5. The van der Waals surface area contributed by atoms with Gasteiger partial charge in [-0.2, -0.15) is 0 Å². The van der Waals surface area contributed by atoms with Crippen molar-refractivity contribution in [2.24, 2.45) is 0 Å². The van der Waals surface area contributed by atoms with Crippen molar-refractivity contribution in [3.63, 3.8) is 0 Å². The van der Waals surface area contributed by atoms with Crippen LogP contribution in [0.1, 0.15) is 59.8 Å². The van der Waals surface area contributed by atoms with Gasteiger partial charge in [0.05, 0.1) is 11.7 Å². The molecule has 7 heteroatoms. The highest BCUT2D eigenvalue weighted by molar-refractivity contribution is 5.90. The molecule has 0 aliphatic heterocycles. The van der Waals surface area contributed by atoms with Gasteiger partial charge in [0.25, 0.3) is 5.91 Å². The van der Waals surface area contributed by atoms with E-state index < -0.39 is 0 Å². The third-order valence-electron chi connectivity index (χ3n) is 3.09. The number of amides is 1. The molecule has 0 radical (unpaired) electrons. The number of aromatic nitrogens is 4. The van der Waals surface area contributed by atoms with E-state index in [1.54, 1.807) is 0 Å². The largest absolute Gasteiger partial charge is 0.361 e. The van der Waals surface area contributed by atoms with Crippen molar-refractivity contribution in [3.05, 3.63) is 28.7 Å². The van der Waals surface area contributed by atoms with Crippen LogP contribution in [0.4, 0.5) is 0 Å². The average Bonchev–Trinajstić information content (AvgIpc) is 2.97. The Bertz CT molecular complexity index is 582. The second-order valence-corrected chi connectivity index (χ2v) is 4.79. The van der Waals surface area contributed by atoms with Gasteiger partial charge in [-0.1, -0.05) is 12.1 Å². The number of nitrogens with one attached hydrogen (secondary N) is 2. The summed E-state index contributed by atoms with van der Waals surface area (Å²) in [5.74, 6) is 1.28. The van der Waals surface area contributed by atoms with Gasteiger partial charge in [-0.25, -0.2) is 4.98 Å². The molecule has 2 heterocycles. The van der Waals surface area contributed by atoms with Crippen LogP contribution in [-0.4, -0.2) is 26.2 Å². The molecular weight excluding hydrogens is 258 g/mol. The number of hydrogen-bond acceptors (Lipinski definition) is 5. The van der Waals surface area contributed by atoms with Gasteiger partial charge in [-0.05, 0) is 27.2 Å². The Morgan fingerprint density at radius 2 is 2.20 bits per heavy atom. The van der Waals surface area contributed by atoms with Crippen LogP contribution in [0.5, 0.6) is 0 Å². The Morgan fingerprint density at radius 3 is 2.80 bits per heavy atom. The molecule has 108 valence electrons. The third kappa shape index (κ3) is 2.87. The van der Waals surface area contributed by atoms with Crippen molar-refractivity contribution < 1.29 is 9.32 Å². The van der Waals surface area contributed by atoms with Crippen LogP contribution in [0.2, 0.25) is 0 Å². The van der Waals surface area contributed by atoms with Gasteiger partial charge in [0.2, 0.25) is 5.82 Å². The van der Waals surface area contributed by atoms with Crippen molar-refractivity contribution in [3.8, 4) is 0 Å². The molecule has 7 nitrogen and oxygen atoms in total. The zero-order chi connectivity index (χ0) is 14.7. The summed E-state index contributed by atoms with van der Waals surface area (Å²) in [4.78, 5) is 16.2. The number of aromatic amines is 1. The Kier molecular flexibility index (Phi) is 4.16. The molecule has 0 aromatic carbocycles. The van der Waals surface area contributed by atoms with E-state index in [2.05, 4.69) is 25.7 Å². The minimum Gasteiger partial charge on any atom is -0.361 e. The van der Waals surface area contributed by atoms with Gasteiger partial charge in [0, 0.05) is 12.0 Å². The number of H-pyrrole nitrogens is 1. The SMILES string of the molecule is CCCc1nc(C(=O)NC(C)c2c(C)noc2C)n[nH]1. The first-order chi connectivity index (χ1) is 9.52. The van der Waals surface area contributed by atoms with Crippen molar-refractivity contribution in [1.29, 1.82) is 0 Å². The molecule has 1 atom stereocenters. The number of carbonyl (C=O) groups is 1. The number of hydrogen-bond donors (Lipinski definition) is 2. The topological polar surface area (TPSA) is 96.7 Å². The van der Waals surface area contributed by atoms with Crippen molar-refractivity contribution >= 4 is 5.91 Å². The van der Waals surface area contributed by atoms with Gasteiger partial charge >= 0.3 is 0 Å². The van der Waals surface area contributed by atoms with Crippen LogP contribution in [-0.2, 0) is 6.42 Å². The summed E-state index contributed by atoms with van der Waals surface area (Å²) in [6, 6.07) is -0.207. The predicted octanol–water partition coefficient (Wildman–Crippen LogP) is 1.85. The molecule has 2 N–H and O–H groups in total. The summed E-state index contributed by atoms with van der Waals surface area (Å²) < 4.78 is 5.10. The van der Waals surface area contributed by atoms with Gasteiger partial charge in [-0.15, -0.1) is 5.10 Å². The van der Waals surface area contributed by atoms with Crippen LogP contribution in [0, 0.1) is 13.8 Å². The molecule has 1 unspecified atom stereocenters. The Hall–Kier alpha value is -2.18. The lowest BCUT2D eigenvalue weighted by Crippen LogP contribution is -2.28. The van der Waals surface area contributed by atoms with Crippen LogP contribution in [0.3, 0.4) is 0 Å². The number of nitrogens with zero attached hydrogens (tertiary/aromatic N) is 3. The minimum absolute atomic E-state index is 0.159. The first kappa shape index (κ1) is 14.2. The smallest absolute Gasteiger partial charge is 0.291 e. The van der Waals surface area contributed by atoms with Crippen LogP contribution < -0.4 is 5.32 Å². The average molecular weight is 277 g/mol. The molecule has 0 fully saturated rings. The molecule has 2 aromatic rings. The fraction of sp³-hybridized carbons (Fsp3) is 0.538. The molecular formula is C13H19N5O2. The summed E-state index contributed by atoms with van der Waals surface area (Å²) in [5, 5.41) is 13.4. The molecule has 0 bridgehead atoms. The zero-order valence-corrected chi connectivity index (χ0v) is 12.1. The zero-order valence-electron chi connectivity index (χ0n) is 12.1. The Labute approximate surface area is 117 Å². The molecule has 2 aromatic heterocycles. The molecule has 0 aliphatic carbocycles. The lowest BCUT2D eigenvalue weighted by Gasteiger charge is -2.12. The lowest BCUT2D eigenvalue weighted by atomic mass is 10.1. The molecule has 2 rings (SSSR count). The minimum atomic E-state index is -0.309. The van der Waals surface area contributed by atoms with Gasteiger partial charge in [0.15, 0.2) is 0 Å². The quantitative estimate of drug-likeness (QED) is 0.869. The van der Waals surface area contributed by atoms with Crippen molar-refractivity contribution in [2.45, 2.75) is 46.6 Å². The molecule has 0 saturated carbocycles. The van der Waals surface area contributed by atoms with Crippen LogP contribution in [0.25, 0.3) is 0 Å². The molecule has 0 spiro atoms. The Balaban J connectivity index is 2.07. The maximum Gasteiger partial charge on any atom is 0.291 e. The van der Waals surface area contributed by atoms with Gasteiger partial charge in [0.1, 0.15) is 11.6 Å². The summed E-state index contributed by atoms with van der Waals surface area (Å²) >= 11 is 0. The number of carbonyl (C=O) groups excluding carboxylic acids is 1. The summed E-state index contributed by atoms with van der Waals surface area (Å²) in [6.45, 7) is 7.59. The van der Waals surface area contributed by atoms with E-state index in [0.29, 0.717) is 5.76 Å². The van der Waals surface area contributed by atoms with E-state index in [9.17, 15) is 4.79 Å². The van der Waals surface area contributed by atoms with Crippen molar-refractivity contribution in [1.82, 2.24) is 25.7 Å². The summed E-state index contributed by atoms with van der Waals surface area (Å²) in [6.07, 6.45) is 1.73. The maximum atomic E-state index is 12.1. The highest BCUT2D eigenvalue weighted by Crippen LogP contribution is 2.20. The normalized spacial score (nSPS) is 12.4. The standard InChI is InChI=1S/C13H19N5O2/c1-5-6-10-15-12(17-16-10)13(19)14-7(2)11-8(3)18-20-9(11)4/h7H,5-6H2,1-4H3,(H,14,19)(H,15,16,17). The maximum absolute atomic E-state index is 12.1. The van der Waals surface area contributed by atoms with E-state index >= 15 is 0 Å². The summed E-state index contributed by atoms with van der Waals surface area (Å²) in [5.41, 5.74) is 1.67. The lowest BCUT2D eigenvalue weighted by molar-refractivity contribution is 0.0929. The van der Waals surface area contributed by atoms with Crippen LogP contribution in [0.15, 0.2) is 4.52 Å². The fourth-order valence-corrected chi connectivity index (χ4v) is 2.19. The van der Waals surface area contributed by atoms with Gasteiger partial charge in [-0.3, -0.25) is 9.89 Å². The fourth-order valence-electron chi connectivity index (χ4n) is 2.19. The van der Waals surface area contributed by atoms with E-state index in [0.717, 1.165) is 29.9 Å². The first-order valence-electron chi connectivity index (χ1n) is 6.67. The molecule has 0 aliphatic rings. The number of rotatable bonds is 5. The van der Waals surface area contributed by atoms with E-state index in [1.807, 2.05) is 27.7 Å². The Morgan fingerprint density at radius 1 is 1.45 bits per heavy atom. The highest BCUT2D eigenvalue weighted by Gasteiger charge is 2.20.